The second-order valence-electron chi connectivity index (χ2n) is 6.68. The zero-order valence-electron chi connectivity index (χ0n) is 15.5. The summed E-state index contributed by atoms with van der Waals surface area (Å²) in [6.07, 6.45) is 2.05. The third-order valence-electron chi connectivity index (χ3n) is 5.00. The minimum absolute atomic E-state index is 0.0294. The van der Waals surface area contributed by atoms with Crippen LogP contribution in [0.2, 0.25) is 0 Å². The second kappa shape index (κ2) is 7.56. The molecule has 27 heavy (non-hydrogen) atoms. The highest BCUT2D eigenvalue weighted by Crippen LogP contribution is 2.34. The van der Waals surface area contributed by atoms with Crippen molar-refractivity contribution in [1.82, 2.24) is 9.88 Å². The maximum Gasteiger partial charge on any atom is 0.254 e. The summed E-state index contributed by atoms with van der Waals surface area (Å²) in [7, 11) is 3.17. The first-order chi connectivity index (χ1) is 13.2. The Kier molecular flexibility index (Phi) is 4.99. The molecular weight excluding hydrogens is 360 g/mol. The number of aromatic nitrogens is 1. The Balaban J connectivity index is 1.54. The molecular formula is C21H22N2O3S. The molecule has 2 aromatic carbocycles. The van der Waals surface area contributed by atoms with E-state index in [0.29, 0.717) is 29.5 Å². The maximum atomic E-state index is 13.0. The van der Waals surface area contributed by atoms with Crippen molar-refractivity contribution in [2.75, 3.05) is 27.3 Å². The number of amides is 1. The smallest absolute Gasteiger partial charge is 0.254 e. The van der Waals surface area contributed by atoms with E-state index in [-0.39, 0.29) is 5.91 Å². The minimum Gasteiger partial charge on any atom is -0.493 e. The molecule has 140 valence electrons. The van der Waals surface area contributed by atoms with Crippen molar-refractivity contribution >= 4 is 27.5 Å². The monoisotopic (exact) mass is 382 g/mol. The van der Waals surface area contributed by atoms with Crippen molar-refractivity contribution in [2.45, 2.75) is 18.8 Å². The number of methoxy groups -OCH3 is 2. The fraction of sp³-hybridized carbons (Fsp3) is 0.333. The van der Waals surface area contributed by atoms with Gasteiger partial charge in [0.1, 0.15) is 0 Å². The van der Waals surface area contributed by atoms with E-state index in [1.807, 2.05) is 23.1 Å². The molecule has 1 aliphatic rings. The molecule has 4 rings (SSSR count). The highest BCUT2D eigenvalue weighted by atomic mass is 32.1. The van der Waals surface area contributed by atoms with Crippen LogP contribution in [0, 0.1) is 0 Å². The first kappa shape index (κ1) is 17.8. The van der Waals surface area contributed by atoms with Crippen LogP contribution in [-0.2, 0) is 0 Å². The molecule has 0 spiro atoms. The van der Waals surface area contributed by atoms with Crippen molar-refractivity contribution in [2.24, 2.45) is 0 Å². The molecule has 0 bridgehead atoms. The normalized spacial score (nSPS) is 17.1. The van der Waals surface area contributed by atoms with Crippen LogP contribution >= 0.6 is 11.3 Å². The van der Waals surface area contributed by atoms with E-state index in [4.69, 9.17) is 14.5 Å². The highest BCUT2D eigenvalue weighted by molar-refractivity contribution is 7.18. The predicted octanol–water partition coefficient (Wildman–Crippen LogP) is 4.33. The number of benzene rings is 2. The van der Waals surface area contributed by atoms with Gasteiger partial charge in [0.2, 0.25) is 0 Å². The molecule has 1 saturated heterocycles. The number of thiazole rings is 1. The molecule has 0 aliphatic carbocycles. The van der Waals surface area contributed by atoms with E-state index < -0.39 is 0 Å². The van der Waals surface area contributed by atoms with E-state index in [0.717, 1.165) is 29.9 Å². The van der Waals surface area contributed by atoms with Crippen LogP contribution in [0.5, 0.6) is 11.5 Å². The summed E-state index contributed by atoms with van der Waals surface area (Å²) in [5.74, 6) is 1.52. The lowest BCUT2D eigenvalue weighted by Crippen LogP contribution is -2.39. The number of fused-ring (bicyclic) bond motifs is 1. The third-order valence-corrected chi connectivity index (χ3v) is 6.20. The van der Waals surface area contributed by atoms with Gasteiger partial charge in [-0.3, -0.25) is 4.79 Å². The van der Waals surface area contributed by atoms with Crippen molar-refractivity contribution in [1.29, 1.82) is 0 Å². The van der Waals surface area contributed by atoms with Crippen LogP contribution in [0.3, 0.4) is 0 Å². The maximum absolute atomic E-state index is 13.0. The molecule has 1 atom stereocenters. The summed E-state index contributed by atoms with van der Waals surface area (Å²) >= 11 is 1.74. The zero-order chi connectivity index (χ0) is 18.8. The van der Waals surface area contributed by atoms with E-state index >= 15 is 0 Å². The number of rotatable bonds is 4. The summed E-state index contributed by atoms with van der Waals surface area (Å²) in [6.45, 7) is 1.47. The van der Waals surface area contributed by atoms with Gasteiger partial charge in [0.25, 0.3) is 5.91 Å². The molecule has 3 aromatic rings. The average Bonchev–Trinajstić information content (AvgIpc) is 3.17. The van der Waals surface area contributed by atoms with Gasteiger partial charge in [0.15, 0.2) is 11.5 Å². The van der Waals surface area contributed by atoms with Gasteiger partial charge in [-0.1, -0.05) is 12.1 Å². The lowest BCUT2D eigenvalue weighted by atomic mass is 9.98. The van der Waals surface area contributed by atoms with E-state index in [2.05, 4.69) is 6.07 Å². The van der Waals surface area contributed by atoms with Crippen molar-refractivity contribution in [3.8, 4) is 11.5 Å². The number of nitrogens with zero attached hydrogens (tertiary/aromatic N) is 2. The van der Waals surface area contributed by atoms with Gasteiger partial charge >= 0.3 is 0 Å². The highest BCUT2D eigenvalue weighted by Gasteiger charge is 2.28. The van der Waals surface area contributed by atoms with Gasteiger partial charge in [-0.05, 0) is 43.2 Å². The SMILES string of the molecule is COc1ccc(C(=O)N2CCC[C@H](c3nc4ccccc4s3)C2)cc1OC. The van der Waals surface area contributed by atoms with Gasteiger partial charge in [-0.25, -0.2) is 4.98 Å². The van der Waals surface area contributed by atoms with Crippen molar-refractivity contribution in [3.05, 3.63) is 53.0 Å². The summed E-state index contributed by atoms with van der Waals surface area (Å²) in [4.78, 5) is 19.8. The Bertz CT molecular complexity index is 936. The lowest BCUT2D eigenvalue weighted by Gasteiger charge is -2.32. The molecule has 1 aromatic heterocycles. The van der Waals surface area contributed by atoms with Crippen LogP contribution in [0.1, 0.15) is 34.1 Å². The number of para-hydroxylation sites is 1. The van der Waals surface area contributed by atoms with Crippen LogP contribution in [0.4, 0.5) is 0 Å². The van der Waals surface area contributed by atoms with Crippen LogP contribution < -0.4 is 9.47 Å². The molecule has 1 fully saturated rings. The fourth-order valence-corrected chi connectivity index (χ4v) is 4.67. The first-order valence-corrected chi connectivity index (χ1v) is 9.88. The molecule has 5 nitrogen and oxygen atoms in total. The Morgan fingerprint density at radius 1 is 1.15 bits per heavy atom. The average molecular weight is 382 g/mol. The van der Waals surface area contributed by atoms with Crippen molar-refractivity contribution in [3.63, 3.8) is 0 Å². The third kappa shape index (κ3) is 3.49. The number of ether oxygens (including phenoxy) is 2. The van der Waals surface area contributed by atoms with Gasteiger partial charge in [0.05, 0.1) is 29.4 Å². The van der Waals surface area contributed by atoms with Crippen LogP contribution in [0.15, 0.2) is 42.5 Å². The second-order valence-corrected chi connectivity index (χ2v) is 7.74. The Labute approximate surface area is 162 Å². The van der Waals surface area contributed by atoms with Gasteiger partial charge in [-0.15, -0.1) is 11.3 Å². The summed E-state index contributed by atoms with van der Waals surface area (Å²) in [5.41, 5.74) is 1.67. The number of hydrogen-bond donors (Lipinski definition) is 0. The topological polar surface area (TPSA) is 51.7 Å². The summed E-state index contributed by atoms with van der Waals surface area (Å²) < 4.78 is 11.8. The lowest BCUT2D eigenvalue weighted by molar-refractivity contribution is 0.0706. The standard InChI is InChI=1S/C21H22N2O3S/c1-25-17-10-9-14(12-18(17)26-2)21(24)23-11-5-6-15(13-23)20-22-16-7-3-4-8-19(16)27-20/h3-4,7-10,12,15H,5-6,11,13H2,1-2H3/t15-/m0/s1. The summed E-state index contributed by atoms with van der Waals surface area (Å²) in [6, 6.07) is 13.5. The number of carbonyl (C=O) groups is 1. The zero-order valence-corrected chi connectivity index (χ0v) is 16.3. The van der Waals surface area contributed by atoms with Crippen molar-refractivity contribution < 1.29 is 14.3 Å². The quantitative estimate of drug-likeness (QED) is 0.674. The molecule has 0 saturated carbocycles. The van der Waals surface area contributed by atoms with E-state index in [1.54, 1.807) is 43.8 Å². The minimum atomic E-state index is 0.0294. The van der Waals surface area contributed by atoms with E-state index in [1.165, 1.54) is 4.70 Å². The van der Waals surface area contributed by atoms with Crippen LogP contribution in [0.25, 0.3) is 10.2 Å². The molecule has 6 heteroatoms. The largest absolute Gasteiger partial charge is 0.493 e. The Hall–Kier alpha value is -2.60. The molecule has 0 radical (unpaired) electrons. The molecule has 0 N–H and O–H groups in total. The van der Waals surface area contributed by atoms with Gasteiger partial charge in [0, 0.05) is 24.6 Å². The van der Waals surface area contributed by atoms with Gasteiger partial charge < -0.3 is 14.4 Å². The molecule has 1 aliphatic heterocycles. The molecule has 0 unspecified atom stereocenters. The molecule has 1 amide bonds. The predicted molar refractivity (Wildman–Crippen MR) is 107 cm³/mol. The number of carbonyl (C=O) groups excluding carboxylic acids is 1. The first-order valence-electron chi connectivity index (χ1n) is 9.06. The number of piperidine rings is 1. The number of likely N-dealkylation sites (tertiary alicyclic amines) is 1. The van der Waals surface area contributed by atoms with E-state index in [9.17, 15) is 4.79 Å². The Morgan fingerprint density at radius 2 is 1.96 bits per heavy atom. The number of hydrogen-bond acceptors (Lipinski definition) is 5. The fourth-order valence-electron chi connectivity index (χ4n) is 3.58. The van der Waals surface area contributed by atoms with Gasteiger partial charge in [-0.2, -0.15) is 0 Å². The Morgan fingerprint density at radius 3 is 2.74 bits per heavy atom. The van der Waals surface area contributed by atoms with Crippen LogP contribution in [-0.4, -0.2) is 43.1 Å². The summed E-state index contributed by atoms with van der Waals surface area (Å²) in [5, 5.41) is 1.13. The molecule has 2 heterocycles.